The molecular formula is C14H10ClN3O. The monoisotopic (exact) mass is 271 g/mol. The van der Waals surface area contributed by atoms with Gasteiger partial charge in [-0.3, -0.25) is 9.20 Å². The highest BCUT2D eigenvalue weighted by molar-refractivity contribution is 6.30. The summed E-state index contributed by atoms with van der Waals surface area (Å²) in [6.07, 6.45) is 3.25. The lowest BCUT2D eigenvalue weighted by Crippen LogP contribution is -1.97. The molecule has 0 spiro atoms. The minimum atomic E-state index is 0.535. The van der Waals surface area contributed by atoms with Crippen molar-refractivity contribution in [2.24, 2.45) is 0 Å². The van der Waals surface area contributed by atoms with Crippen molar-refractivity contribution in [1.82, 2.24) is 14.6 Å². The Morgan fingerprint density at radius 1 is 1.21 bits per heavy atom. The largest absolute Gasteiger partial charge is 0.298 e. The van der Waals surface area contributed by atoms with E-state index >= 15 is 0 Å². The lowest BCUT2D eigenvalue weighted by molar-refractivity contribution is 0.112. The van der Waals surface area contributed by atoms with Crippen LogP contribution < -0.4 is 0 Å². The van der Waals surface area contributed by atoms with Gasteiger partial charge in [-0.2, -0.15) is 0 Å². The molecule has 3 aromatic rings. The normalized spacial score (nSPS) is 10.8. The maximum Gasteiger partial charge on any atom is 0.171 e. The zero-order valence-electron chi connectivity index (χ0n) is 9.95. The highest BCUT2D eigenvalue weighted by Crippen LogP contribution is 2.15. The Labute approximate surface area is 114 Å². The molecule has 0 N–H and O–H groups in total. The third kappa shape index (κ3) is 2.22. The molecule has 19 heavy (non-hydrogen) atoms. The summed E-state index contributed by atoms with van der Waals surface area (Å²) in [6, 6.07) is 11.1. The van der Waals surface area contributed by atoms with Gasteiger partial charge in [-0.05, 0) is 29.8 Å². The Balaban J connectivity index is 2.04. The van der Waals surface area contributed by atoms with Crippen LogP contribution in [0.2, 0.25) is 5.02 Å². The first kappa shape index (κ1) is 11.9. The Bertz CT molecular complexity index is 751. The fourth-order valence-electron chi connectivity index (χ4n) is 2.03. The van der Waals surface area contributed by atoms with E-state index in [1.807, 2.05) is 40.9 Å². The van der Waals surface area contributed by atoms with E-state index in [4.69, 9.17) is 11.6 Å². The molecule has 0 saturated heterocycles. The van der Waals surface area contributed by atoms with Crippen molar-refractivity contribution in [2.45, 2.75) is 6.42 Å². The first-order valence-electron chi connectivity index (χ1n) is 5.80. The number of rotatable bonds is 3. The molecule has 94 valence electrons. The van der Waals surface area contributed by atoms with Crippen molar-refractivity contribution in [3.05, 3.63) is 64.6 Å². The summed E-state index contributed by atoms with van der Waals surface area (Å²) in [5, 5.41) is 8.89. The lowest BCUT2D eigenvalue weighted by Gasteiger charge is -2.01. The summed E-state index contributed by atoms with van der Waals surface area (Å²) in [5.41, 5.74) is 2.17. The number of benzene rings is 1. The van der Waals surface area contributed by atoms with Crippen LogP contribution in [0.15, 0.2) is 42.6 Å². The van der Waals surface area contributed by atoms with E-state index in [1.54, 1.807) is 6.07 Å². The molecule has 4 nitrogen and oxygen atoms in total. The average molecular weight is 272 g/mol. The Morgan fingerprint density at radius 2 is 2.11 bits per heavy atom. The summed E-state index contributed by atoms with van der Waals surface area (Å²) in [4.78, 5) is 10.9. The number of halogens is 1. The van der Waals surface area contributed by atoms with Crippen molar-refractivity contribution in [2.75, 3.05) is 0 Å². The molecule has 0 aliphatic heterocycles. The molecule has 0 amide bonds. The average Bonchev–Trinajstić information content (AvgIpc) is 2.82. The van der Waals surface area contributed by atoms with E-state index in [1.165, 1.54) is 0 Å². The van der Waals surface area contributed by atoms with Gasteiger partial charge in [-0.15, -0.1) is 10.2 Å². The van der Waals surface area contributed by atoms with Gasteiger partial charge in [0.25, 0.3) is 0 Å². The number of carbonyl (C=O) groups is 1. The van der Waals surface area contributed by atoms with Gasteiger partial charge in [0.15, 0.2) is 11.9 Å². The standard InChI is InChI=1S/C14H10ClN3O/c15-12-5-1-3-10(7-12)8-13-16-17-14-11(9-19)4-2-6-18(13)14/h1-7,9H,8H2. The number of hydrogen-bond donors (Lipinski definition) is 0. The summed E-state index contributed by atoms with van der Waals surface area (Å²) in [7, 11) is 0. The van der Waals surface area contributed by atoms with Crippen LogP contribution in [0.25, 0.3) is 5.65 Å². The molecule has 2 heterocycles. The molecule has 5 heteroatoms. The summed E-state index contributed by atoms with van der Waals surface area (Å²) in [5.74, 6) is 0.779. The van der Waals surface area contributed by atoms with Crippen LogP contribution in [0.1, 0.15) is 21.7 Å². The minimum Gasteiger partial charge on any atom is -0.298 e. The number of hydrogen-bond acceptors (Lipinski definition) is 3. The molecular weight excluding hydrogens is 262 g/mol. The molecule has 3 rings (SSSR count). The molecule has 0 unspecified atom stereocenters. The van der Waals surface area contributed by atoms with Crippen LogP contribution in [-0.2, 0) is 6.42 Å². The Kier molecular flexibility index (Phi) is 3.01. The Morgan fingerprint density at radius 3 is 2.89 bits per heavy atom. The van der Waals surface area contributed by atoms with E-state index in [9.17, 15) is 4.79 Å². The second kappa shape index (κ2) is 4.82. The van der Waals surface area contributed by atoms with Crippen molar-refractivity contribution < 1.29 is 4.79 Å². The fourth-order valence-corrected chi connectivity index (χ4v) is 2.24. The third-order valence-electron chi connectivity index (χ3n) is 2.91. The zero-order valence-corrected chi connectivity index (χ0v) is 10.7. The van der Waals surface area contributed by atoms with Gasteiger partial charge in [0.1, 0.15) is 5.82 Å². The van der Waals surface area contributed by atoms with Crippen LogP contribution >= 0.6 is 11.6 Å². The highest BCUT2D eigenvalue weighted by atomic mass is 35.5. The predicted molar refractivity (Wildman–Crippen MR) is 72.6 cm³/mol. The van der Waals surface area contributed by atoms with Crippen LogP contribution in [0.4, 0.5) is 0 Å². The smallest absolute Gasteiger partial charge is 0.171 e. The first-order valence-corrected chi connectivity index (χ1v) is 6.18. The molecule has 0 saturated carbocycles. The van der Waals surface area contributed by atoms with E-state index in [2.05, 4.69) is 10.2 Å². The molecule has 0 fully saturated rings. The molecule has 2 aromatic heterocycles. The van der Waals surface area contributed by atoms with Crippen molar-refractivity contribution in [3.8, 4) is 0 Å². The van der Waals surface area contributed by atoms with Crippen LogP contribution in [0.5, 0.6) is 0 Å². The quantitative estimate of drug-likeness (QED) is 0.688. The SMILES string of the molecule is O=Cc1cccn2c(Cc3cccc(Cl)c3)nnc12. The number of fused-ring (bicyclic) bond motifs is 1. The lowest BCUT2D eigenvalue weighted by atomic mass is 10.1. The molecule has 0 aliphatic carbocycles. The van der Waals surface area contributed by atoms with Gasteiger partial charge in [-0.1, -0.05) is 23.7 Å². The van der Waals surface area contributed by atoms with E-state index < -0.39 is 0 Å². The van der Waals surface area contributed by atoms with Crippen molar-refractivity contribution in [3.63, 3.8) is 0 Å². The van der Waals surface area contributed by atoms with Gasteiger partial charge in [0, 0.05) is 17.6 Å². The van der Waals surface area contributed by atoms with Gasteiger partial charge < -0.3 is 0 Å². The molecule has 0 aliphatic rings. The summed E-state index contributed by atoms with van der Waals surface area (Å²) >= 11 is 5.96. The molecule has 0 atom stereocenters. The van der Waals surface area contributed by atoms with Crippen molar-refractivity contribution in [1.29, 1.82) is 0 Å². The summed E-state index contributed by atoms with van der Waals surface area (Å²) < 4.78 is 1.82. The molecule has 1 aromatic carbocycles. The van der Waals surface area contributed by atoms with Crippen LogP contribution in [0, 0.1) is 0 Å². The topological polar surface area (TPSA) is 47.3 Å². The van der Waals surface area contributed by atoms with E-state index in [0.717, 1.165) is 17.7 Å². The van der Waals surface area contributed by atoms with Crippen LogP contribution in [0.3, 0.4) is 0 Å². The maximum atomic E-state index is 10.9. The highest BCUT2D eigenvalue weighted by Gasteiger charge is 2.09. The number of aldehydes is 1. The summed E-state index contributed by atoms with van der Waals surface area (Å²) in [6.45, 7) is 0. The number of carbonyl (C=O) groups excluding carboxylic acids is 1. The molecule has 0 bridgehead atoms. The minimum absolute atomic E-state index is 0.535. The first-order chi connectivity index (χ1) is 9.28. The second-order valence-electron chi connectivity index (χ2n) is 4.20. The zero-order chi connectivity index (χ0) is 13.2. The fraction of sp³-hybridized carbons (Fsp3) is 0.0714. The van der Waals surface area contributed by atoms with Crippen LogP contribution in [-0.4, -0.2) is 20.9 Å². The number of pyridine rings is 1. The predicted octanol–water partition coefficient (Wildman–Crippen LogP) is 2.79. The maximum absolute atomic E-state index is 10.9. The van der Waals surface area contributed by atoms with Crippen molar-refractivity contribution >= 4 is 23.5 Å². The van der Waals surface area contributed by atoms with E-state index in [-0.39, 0.29) is 0 Å². The second-order valence-corrected chi connectivity index (χ2v) is 4.63. The van der Waals surface area contributed by atoms with Gasteiger partial charge in [0.2, 0.25) is 0 Å². The van der Waals surface area contributed by atoms with E-state index in [0.29, 0.717) is 22.7 Å². The van der Waals surface area contributed by atoms with Gasteiger partial charge >= 0.3 is 0 Å². The van der Waals surface area contributed by atoms with Gasteiger partial charge in [0.05, 0.1) is 5.56 Å². The molecule has 0 radical (unpaired) electrons. The number of aromatic nitrogens is 3. The third-order valence-corrected chi connectivity index (χ3v) is 3.15. The number of nitrogens with zero attached hydrogens (tertiary/aromatic N) is 3. The Hall–Kier alpha value is -2.20. The van der Waals surface area contributed by atoms with Gasteiger partial charge in [-0.25, -0.2) is 0 Å².